The topological polar surface area (TPSA) is 38.3 Å². The summed E-state index contributed by atoms with van der Waals surface area (Å²) in [6.07, 6.45) is 0.338. The largest absolute Gasteiger partial charge is 0.496 e. The highest BCUT2D eigenvalue weighted by atomic mass is 16.5. The van der Waals surface area contributed by atoms with Gasteiger partial charge in [-0.15, -0.1) is 0 Å². The first-order valence-corrected chi connectivity index (χ1v) is 7.01. The van der Waals surface area contributed by atoms with E-state index in [1.54, 1.807) is 7.11 Å². The molecule has 1 aromatic rings. The van der Waals surface area contributed by atoms with E-state index in [1.165, 1.54) is 5.56 Å². The average molecular weight is 277 g/mol. The van der Waals surface area contributed by atoms with Gasteiger partial charge >= 0.3 is 0 Å². The van der Waals surface area contributed by atoms with Gasteiger partial charge in [0, 0.05) is 11.1 Å². The van der Waals surface area contributed by atoms with E-state index in [1.807, 2.05) is 26.8 Å². The number of hydrogen-bond acceptors (Lipinski definition) is 2. The molecule has 3 heteroatoms. The number of carbonyl (C=O) groups is 1. The lowest BCUT2D eigenvalue weighted by Gasteiger charge is -2.23. The number of methoxy groups -OCH3 is 1. The first-order chi connectivity index (χ1) is 9.03. The molecule has 0 saturated carbocycles. The fourth-order valence-corrected chi connectivity index (χ4v) is 2.02. The van der Waals surface area contributed by atoms with E-state index in [2.05, 4.69) is 38.2 Å². The highest BCUT2D eigenvalue weighted by Crippen LogP contribution is 2.28. The molecule has 0 radical (unpaired) electrons. The molecule has 0 unspecified atom stereocenters. The molecule has 0 aromatic heterocycles. The van der Waals surface area contributed by atoms with Gasteiger partial charge in [-0.2, -0.15) is 0 Å². The van der Waals surface area contributed by atoms with Gasteiger partial charge in [0.15, 0.2) is 0 Å². The third-order valence-corrected chi connectivity index (χ3v) is 3.01. The quantitative estimate of drug-likeness (QED) is 0.919. The van der Waals surface area contributed by atoms with Gasteiger partial charge in [0.2, 0.25) is 5.91 Å². The van der Waals surface area contributed by atoms with Gasteiger partial charge in [-0.3, -0.25) is 4.79 Å². The number of carbonyl (C=O) groups excluding carboxylic acids is 1. The maximum Gasteiger partial charge on any atom is 0.224 e. The van der Waals surface area contributed by atoms with Crippen LogP contribution in [0.15, 0.2) is 18.2 Å². The molecule has 0 heterocycles. The van der Waals surface area contributed by atoms with Crippen molar-refractivity contribution in [1.82, 2.24) is 5.32 Å². The molecule has 112 valence electrons. The van der Waals surface area contributed by atoms with E-state index >= 15 is 0 Å². The smallest absolute Gasteiger partial charge is 0.224 e. The molecule has 0 saturated heterocycles. The fourth-order valence-electron chi connectivity index (χ4n) is 2.02. The van der Waals surface area contributed by atoms with Crippen molar-refractivity contribution in [2.45, 2.75) is 58.9 Å². The van der Waals surface area contributed by atoms with Gasteiger partial charge in [-0.25, -0.2) is 0 Å². The van der Waals surface area contributed by atoms with E-state index in [4.69, 9.17) is 4.74 Å². The summed E-state index contributed by atoms with van der Waals surface area (Å²) >= 11 is 0. The minimum Gasteiger partial charge on any atom is -0.496 e. The molecule has 0 aliphatic heterocycles. The van der Waals surface area contributed by atoms with Crippen LogP contribution in [0.1, 0.15) is 52.7 Å². The van der Waals surface area contributed by atoms with Crippen molar-refractivity contribution < 1.29 is 9.53 Å². The zero-order valence-corrected chi connectivity index (χ0v) is 13.8. The van der Waals surface area contributed by atoms with Crippen molar-refractivity contribution in [1.29, 1.82) is 0 Å². The van der Waals surface area contributed by atoms with Gasteiger partial charge in [0.25, 0.3) is 0 Å². The van der Waals surface area contributed by atoms with Crippen molar-refractivity contribution in [2.75, 3.05) is 7.11 Å². The molecule has 0 aliphatic rings. The van der Waals surface area contributed by atoms with Gasteiger partial charge < -0.3 is 10.1 Å². The summed E-state index contributed by atoms with van der Waals surface area (Å²) in [4.78, 5) is 12.1. The van der Waals surface area contributed by atoms with Gasteiger partial charge in [0.05, 0.1) is 13.5 Å². The zero-order valence-electron chi connectivity index (χ0n) is 13.8. The molecule has 0 fully saturated rings. The molecule has 3 nitrogen and oxygen atoms in total. The Bertz CT molecular complexity index is 479. The third kappa shape index (κ3) is 4.87. The predicted molar refractivity (Wildman–Crippen MR) is 83.3 cm³/mol. The van der Waals surface area contributed by atoms with Crippen LogP contribution < -0.4 is 10.1 Å². The van der Waals surface area contributed by atoms with Gasteiger partial charge in [-0.1, -0.05) is 32.9 Å². The maximum absolute atomic E-state index is 12.1. The predicted octanol–water partition coefficient (Wildman–Crippen LogP) is 3.45. The Morgan fingerprint density at radius 3 is 2.20 bits per heavy atom. The Labute approximate surface area is 122 Å². The number of ether oxygens (including phenoxy) is 1. The van der Waals surface area contributed by atoms with Crippen LogP contribution in [-0.2, 0) is 16.6 Å². The van der Waals surface area contributed by atoms with Crippen molar-refractivity contribution in [3.05, 3.63) is 29.3 Å². The van der Waals surface area contributed by atoms with E-state index in [-0.39, 0.29) is 16.9 Å². The third-order valence-electron chi connectivity index (χ3n) is 3.01. The Hall–Kier alpha value is -1.51. The standard InChI is InChI=1S/C17H27NO2/c1-16(2,3)13-8-9-14(20-7)12(10-13)11-15(19)18-17(4,5)6/h8-10H,11H2,1-7H3,(H,18,19). The van der Waals surface area contributed by atoms with E-state index < -0.39 is 0 Å². The molecule has 1 rings (SSSR count). The number of benzene rings is 1. The highest BCUT2D eigenvalue weighted by molar-refractivity contribution is 5.80. The molecule has 0 spiro atoms. The molecule has 1 N–H and O–H groups in total. The van der Waals surface area contributed by atoms with E-state index in [0.29, 0.717) is 6.42 Å². The lowest BCUT2D eigenvalue weighted by Crippen LogP contribution is -2.41. The van der Waals surface area contributed by atoms with Crippen LogP contribution in [-0.4, -0.2) is 18.6 Å². The fraction of sp³-hybridized carbons (Fsp3) is 0.588. The van der Waals surface area contributed by atoms with Crippen LogP contribution in [0.4, 0.5) is 0 Å². The molecule has 0 bridgehead atoms. The summed E-state index contributed by atoms with van der Waals surface area (Å²) in [5, 5.41) is 2.98. The van der Waals surface area contributed by atoms with Crippen LogP contribution in [0.2, 0.25) is 0 Å². The lowest BCUT2D eigenvalue weighted by atomic mass is 9.85. The number of amides is 1. The Kier molecular flexibility index (Phi) is 4.85. The number of rotatable bonds is 3. The lowest BCUT2D eigenvalue weighted by molar-refractivity contribution is -0.121. The normalized spacial score (nSPS) is 12.2. The number of nitrogens with one attached hydrogen (secondary N) is 1. The van der Waals surface area contributed by atoms with E-state index in [9.17, 15) is 4.79 Å². The monoisotopic (exact) mass is 277 g/mol. The minimum absolute atomic E-state index is 0.0156. The van der Waals surface area contributed by atoms with Crippen molar-refractivity contribution in [3.8, 4) is 5.75 Å². The van der Waals surface area contributed by atoms with Crippen LogP contribution in [0.3, 0.4) is 0 Å². The zero-order chi connectivity index (χ0) is 15.6. The molecular formula is C17H27NO2. The second-order valence-electron chi connectivity index (χ2n) is 7.25. The minimum atomic E-state index is -0.216. The van der Waals surface area contributed by atoms with Crippen LogP contribution in [0.5, 0.6) is 5.75 Å². The first kappa shape index (κ1) is 16.5. The summed E-state index contributed by atoms with van der Waals surface area (Å²) in [5.74, 6) is 0.781. The second-order valence-corrected chi connectivity index (χ2v) is 7.25. The van der Waals surface area contributed by atoms with Crippen molar-refractivity contribution >= 4 is 5.91 Å². The summed E-state index contributed by atoms with van der Waals surface area (Å²) < 4.78 is 5.36. The van der Waals surface area contributed by atoms with Crippen LogP contribution >= 0.6 is 0 Å². The first-order valence-electron chi connectivity index (χ1n) is 7.01. The Morgan fingerprint density at radius 1 is 1.15 bits per heavy atom. The second kappa shape index (κ2) is 5.86. The molecular weight excluding hydrogens is 250 g/mol. The summed E-state index contributed by atoms with van der Waals surface area (Å²) in [5.41, 5.74) is 1.98. The SMILES string of the molecule is COc1ccc(C(C)(C)C)cc1CC(=O)NC(C)(C)C. The molecule has 1 amide bonds. The molecule has 1 aromatic carbocycles. The molecule has 0 atom stereocenters. The Morgan fingerprint density at radius 2 is 1.75 bits per heavy atom. The molecule has 20 heavy (non-hydrogen) atoms. The Balaban J connectivity index is 3.00. The maximum atomic E-state index is 12.1. The van der Waals surface area contributed by atoms with Crippen LogP contribution in [0, 0.1) is 0 Å². The summed E-state index contributed by atoms with van der Waals surface area (Å²) in [6, 6.07) is 6.07. The van der Waals surface area contributed by atoms with Gasteiger partial charge in [-0.05, 0) is 37.8 Å². The summed E-state index contributed by atoms with van der Waals surface area (Å²) in [6.45, 7) is 12.4. The average Bonchev–Trinajstić information content (AvgIpc) is 2.24. The van der Waals surface area contributed by atoms with Crippen molar-refractivity contribution in [3.63, 3.8) is 0 Å². The number of hydrogen-bond donors (Lipinski definition) is 1. The van der Waals surface area contributed by atoms with E-state index in [0.717, 1.165) is 11.3 Å². The van der Waals surface area contributed by atoms with Crippen LogP contribution in [0.25, 0.3) is 0 Å². The van der Waals surface area contributed by atoms with Gasteiger partial charge in [0.1, 0.15) is 5.75 Å². The van der Waals surface area contributed by atoms with Crippen molar-refractivity contribution in [2.24, 2.45) is 0 Å². The summed E-state index contributed by atoms with van der Waals surface area (Å²) in [7, 11) is 1.64. The highest BCUT2D eigenvalue weighted by Gasteiger charge is 2.19. The molecule has 0 aliphatic carbocycles.